The molecule has 3 heterocycles. The molecule has 1 aromatic carbocycles. The molecular formula is C28H38FN5O3. The number of aromatic nitrogens is 1. The lowest BCUT2D eigenvalue weighted by Crippen LogP contribution is -2.41. The normalized spacial score (nSPS) is 21.2. The number of aliphatic hydroxyl groups is 1. The molecule has 2 aliphatic heterocycles. The third-order valence-electron chi connectivity index (χ3n) is 7.81. The van der Waals surface area contributed by atoms with Crippen molar-refractivity contribution in [3.8, 4) is 0 Å². The van der Waals surface area contributed by atoms with Crippen molar-refractivity contribution in [2.45, 2.75) is 58.1 Å². The number of hydrogen-bond acceptors (Lipinski definition) is 7. The maximum absolute atomic E-state index is 14.6. The van der Waals surface area contributed by atoms with E-state index in [9.17, 15) is 14.3 Å². The molecule has 1 aliphatic carbocycles. The molecule has 2 saturated heterocycles. The molecule has 37 heavy (non-hydrogen) atoms. The lowest BCUT2D eigenvalue weighted by atomic mass is 9.93. The molecule has 1 atom stereocenters. The smallest absolute Gasteiger partial charge is 0.259 e. The number of rotatable bonds is 7. The number of pyridine rings is 1. The number of anilines is 4. The maximum Gasteiger partial charge on any atom is 0.259 e. The second kappa shape index (κ2) is 10.1. The Labute approximate surface area is 218 Å². The Morgan fingerprint density at radius 2 is 1.92 bits per heavy atom. The van der Waals surface area contributed by atoms with Crippen LogP contribution in [0.15, 0.2) is 30.3 Å². The van der Waals surface area contributed by atoms with Crippen LogP contribution < -0.4 is 20.4 Å². The quantitative estimate of drug-likeness (QED) is 0.512. The minimum atomic E-state index is -0.553. The molecule has 1 aromatic heterocycles. The third-order valence-corrected chi connectivity index (χ3v) is 7.81. The molecular weight excluding hydrogens is 473 g/mol. The number of piperidine rings is 1. The first-order chi connectivity index (χ1) is 17.7. The molecule has 5 rings (SSSR count). The van der Waals surface area contributed by atoms with Crippen molar-refractivity contribution in [2.75, 3.05) is 59.8 Å². The Morgan fingerprint density at radius 1 is 1.16 bits per heavy atom. The molecule has 3 aliphatic rings. The van der Waals surface area contributed by atoms with Crippen molar-refractivity contribution >= 4 is 28.9 Å². The van der Waals surface area contributed by atoms with Crippen molar-refractivity contribution in [3.63, 3.8) is 0 Å². The van der Waals surface area contributed by atoms with Crippen LogP contribution in [0.25, 0.3) is 0 Å². The van der Waals surface area contributed by atoms with E-state index in [1.54, 1.807) is 12.1 Å². The van der Waals surface area contributed by atoms with E-state index in [0.29, 0.717) is 48.0 Å². The number of hydrogen-bond donors (Lipinski definition) is 3. The lowest BCUT2D eigenvalue weighted by molar-refractivity contribution is 0.0532. The number of ether oxygens (including phenoxy) is 1. The number of nitrogens with one attached hydrogen (secondary N) is 2. The van der Waals surface area contributed by atoms with E-state index in [1.807, 2.05) is 26.8 Å². The van der Waals surface area contributed by atoms with Crippen molar-refractivity contribution < 1.29 is 19.0 Å². The van der Waals surface area contributed by atoms with E-state index in [-0.39, 0.29) is 18.6 Å². The Bertz CT molecular complexity index is 1140. The van der Waals surface area contributed by atoms with E-state index >= 15 is 0 Å². The third kappa shape index (κ3) is 5.99. The first-order valence-corrected chi connectivity index (χ1v) is 13.3. The van der Waals surface area contributed by atoms with Gasteiger partial charge in [0, 0.05) is 37.6 Å². The zero-order chi connectivity index (χ0) is 26.2. The van der Waals surface area contributed by atoms with Gasteiger partial charge < -0.3 is 30.3 Å². The highest BCUT2D eigenvalue weighted by atomic mass is 19.1. The summed E-state index contributed by atoms with van der Waals surface area (Å²) in [6, 6.07) is 8.16. The lowest BCUT2D eigenvalue weighted by Gasteiger charge is -2.34. The van der Waals surface area contributed by atoms with E-state index in [1.165, 1.54) is 25.0 Å². The van der Waals surface area contributed by atoms with E-state index in [4.69, 9.17) is 9.72 Å². The molecule has 0 unspecified atom stereocenters. The van der Waals surface area contributed by atoms with Gasteiger partial charge in [0.15, 0.2) is 0 Å². The van der Waals surface area contributed by atoms with E-state index in [0.717, 1.165) is 31.6 Å². The summed E-state index contributed by atoms with van der Waals surface area (Å²) in [5.74, 6) is 0.494. The SMILES string of the molecule is C[C@@H]1CN(c2cc(F)cc(NC(=O)c3ccc(NC(C)(C)CO)nc3N3CCC4(CC3)CC4)c2)CCO1. The zero-order valence-corrected chi connectivity index (χ0v) is 22.0. The predicted octanol–water partition coefficient (Wildman–Crippen LogP) is 4.26. The Hall–Kier alpha value is -2.91. The first kappa shape index (κ1) is 25.7. The van der Waals surface area contributed by atoms with Gasteiger partial charge in [0.25, 0.3) is 5.91 Å². The summed E-state index contributed by atoms with van der Waals surface area (Å²) < 4.78 is 20.2. The molecule has 9 heteroatoms. The summed E-state index contributed by atoms with van der Waals surface area (Å²) in [7, 11) is 0. The van der Waals surface area contributed by atoms with E-state index in [2.05, 4.69) is 20.4 Å². The molecule has 3 fully saturated rings. The molecule has 8 nitrogen and oxygen atoms in total. The fraction of sp³-hybridized carbons (Fsp3) is 0.571. The highest BCUT2D eigenvalue weighted by Gasteiger charge is 2.45. The average Bonchev–Trinajstić information content (AvgIpc) is 3.62. The van der Waals surface area contributed by atoms with Crippen LogP contribution in [0.3, 0.4) is 0 Å². The van der Waals surface area contributed by atoms with Gasteiger partial charge in [0.2, 0.25) is 0 Å². The van der Waals surface area contributed by atoms with Crippen LogP contribution in [0.1, 0.15) is 56.8 Å². The molecule has 2 aromatic rings. The Kier molecular flexibility index (Phi) is 7.02. The zero-order valence-electron chi connectivity index (χ0n) is 22.0. The number of amides is 1. The van der Waals surface area contributed by atoms with Gasteiger partial charge in [0.1, 0.15) is 17.5 Å². The summed E-state index contributed by atoms with van der Waals surface area (Å²) in [6.07, 6.45) is 4.84. The van der Waals surface area contributed by atoms with Gasteiger partial charge in [-0.25, -0.2) is 9.37 Å². The minimum Gasteiger partial charge on any atom is -0.394 e. The number of morpholine rings is 1. The highest BCUT2D eigenvalue weighted by Crippen LogP contribution is 2.54. The van der Waals surface area contributed by atoms with Crippen molar-refractivity contribution in [3.05, 3.63) is 41.7 Å². The predicted molar refractivity (Wildman–Crippen MR) is 144 cm³/mol. The molecule has 200 valence electrons. The van der Waals surface area contributed by atoms with Crippen LogP contribution >= 0.6 is 0 Å². The summed E-state index contributed by atoms with van der Waals surface area (Å²) in [6.45, 7) is 9.34. The van der Waals surface area contributed by atoms with Crippen LogP contribution in [-0.2, 0) is 4.74 Å². The molecule has 1 saturated carbocycles. The van der Waals surface area contributed by atoms with Crippen LogP contribution in [0, 0.1) is 11.2 Å². The monoisotopic (exact) mass is 511 g/mol. The number of nitrogens with zero attached hydrogens (tertiary/aromatic N) is 3. The van der Waals surface area contributed by atoms with Gasteiger partial charge in [-0.05, 0) is 82.2 Å². The molecule has 0 bridgehead atoms. The molecule has 1 spiro atoms. The van der Waals surface area contributed by atoms with Crippen molar-refractivity contribution in [1.82, 2.24) is 4.98 Å². The average molecular weight is 512 g/mol. The van der Waals surface area contributed by atoms with Gasteiger partial charge in [-0.1, -0.05) is 0 Å². The molecule has 3 N–H and O–H groups in total. The fourth-order valence-electron chi connectivity index (χ4n) is 5.27. The topological polar surface area (TPSA) is 90.0 Å². The van der Waals surface area contributed by atoms with Gasteiger partial charge in [-0.2, -0.15) is 0 Å². The summed E-state index contributed by atoms with van der Waals surface area (Å²) in [4.78, 5) is 22.6. The fourth-order valence-corrected chi connectivity index (χ4v) is 5.27. The van der Waals surface area contributed by atoms with Gasteiger partial charge in [0.05, 0.1) is 30.4 Å². The summed E-state index contributed by atoms with van der Waals surface area (Å²) in [5.41, 5.74) is 1.51. The van der Waals surface area contributed by atoms with Crippen LogP contribution in [-0.4, -0.2) is 67.0 Å². The van der Waals surface area contributed by atoms with E-state index < -0.39 is 11.4 Å². The van der Waals surface area contributed by atoms with Crippen LogP contribution in [0.4, 0.5) is 27.4 Å². The number of aliphatic hydroxyl groups excluding tert-OH is 1. The summed E-state index contributed by atoms with van der Waals surface area (Å²) >= 11 is 0. The Morgan fingerprint density at radius 3 is 2.59 bits per heavy atom. The second-order valence-corrected chi connectivity index (χ2v) is 11.5. The number of carbonyl (C=O) groups is 1. The summed E-state index contributed by atoms with van der Waals surface area (Å²) in [5, 5.41) is 15.9. The minimum absolute atomic E-state index is 0.0533. The standard InChI is InChI=1S/C28H38FN5O3/c1-19-17-34(12-13-37-19)22-15-20(29)14-21(16-22)30-26(36)23-4-5-24(32-27(2,3)18-35)31-25(23)33-10-8-28(6-7-28)9-11-33/h4-5,14-16,19,35H,6-13,17-18H2,1-3H3,(H,30,36)(H,31,32)/t19-/m1/s1. The molecule has 1 amide bonds. The highest BCUT2D eigenvalue weighted by molar-refractivity contribution is 6.08. The second-order valence-electron chi connectivity index (χ2n) is 11.5. The number of benzene rings is 1. The van der Waals surface area contributed by atoms with Gasteiger partial charge in [-0.15, -0.1) is 0 Å². The van der Waals surface area contributed by atoms with Crippen molar-refractivity contribution in [2.24, 2.45) is 5.41 Å². The largest absolute Gasteiger partial charge is 0.394 e. The first-order valence-electron chi connectivity index (χ1n) is 13.3. The van der Waals surface area contributed by atoms with Crippen LogP contribution in [0.5, 0.6) is 0 Å². The molecule has 0 radical (unpaired) electrons. The van der Waals surface area contributed by atoms with Gasteiger partial charge >= 0.3 is 0 Å². The van der Waals surface area contributed by atoms with Gasteiger partial charge in [-0.3, -0.25) is 4.79 Å². The Balaban J connectivity index is 1.40. The number of halogens is 1. The number of carbonyl (C=O) groups excluding carboxylic acids is 1. The van der Waals surface area contributed by atoms with Crippen molar-refractivity contribution in [1.29, 1.82) is 0 Å². The van der Waals surface area contributed by atoms with Crippen LogP contribution in [0.2, 0.25) is 0 Å². The maximum atomic E-state index is 14.6.